The van der Waals surface area contributed by atoms with Gasteiger partial charge >= 0.3 is 0 Å². The lowest BCUT2D eigenvalue weighted by atomic mass is 9.87. The molecule has 0 aromatic rings. The first-order valence-electron chi connectivity index (χ1n) is 8.81. The third-order valence-electron chi connectivity index (χ3n) is 5.35. The van der Waals surface area contributed by atoms with Crippen LogP contribution < -0.4 is 5.32 Å². The largest absolute Gasteiger partial charge is 0.380 e. The van der Waals surface area contributed by atoms with Crippen molar-refractivity contribution in [3.8, 4) is 0 Å². The molecular weight excluding hydrogens is 248 g/mol. The molecule has 1 unspecified atom stereocenters. The molecule has 1 aliphatic carbocycles. The second kappa shape index (κ2) is 7.77. The molecule has 1 saturated carbocycles. The van der Waals surface area contributed by atoms with E-state index in [1.807, 2.05) is 0 Å². The molecule has 0 bridgehead atoms. The molecule has 1 atom stereocenters. The normalized spacial score (nSPS) is 26.9. The minimum absolute atomic E-state index is 0.342. The maximum absolute atomic E-state index is 5.80. The van der Waals surface area contributed by atoms with E-state index in [0.717, 1.165) is 31.7 Å². The fraction of sp³-hybridized carbons (Fsp3) is 1.00. The minimum Gasteiger partial charge on any atom is -0.380 e. The van der Waals surface area contributed by atoms with E-state index in [1.54, 1.807) is 0 Å². The Morgan fingerprint density at radius 3 is 2.50 bits per heavy atom. The smallest absolute Gasteiger partial charge is 0.0593 e. The Balaban J connectivity index is 1.83. The van der Waals surface area contributed by atoms with Crippen LogP contribution in [0.3, 0.4) is 0 Å². The summed E-state index contributed by atoms with van der Waals surface area (Å²) in [6.07, 6.45) is 7.76. The molecule has 0 spiro atoms. The Morgan fingerprint density at radius 2 is 1.90 bits per heavy atom. The van der Waals surface area contributed by atoms with Crippen LogP contribution in [-0.4, -0.2) is 49.3 Å². The minimum atomic E-state index is 0.342. The Kier molecular flexibility index (Phi) is 6.31. The Bertz CT molecular complexity index is 274. The van der Waals surface area contributed by atoms with Gasteiger partial charge < -0.3 is 10.1 Å². The maximum Gasteiger partial charge on any atom is 0.0593 e. The molecule has 0 amide bonds. The molecular formula is C17H34N2O. The van der Waals surface area contributed by atoms with Crippen molar-refractivity contribution in [1.82, 2.24) is 10.2 Å². The zero-order valence-electron chi connectivity index (χ0n) is 13.8. The Hall–Kier alpha value is -0.120. The summed E-state index contributed by atoms with van der Waals surface area (Å²) in [6.45, 7) is 12.2. The van der Waals surface area contributed by atoms with Crippen LogP contribution in [0.5, 0.6) is 0 Å². The molecule has 2 aliphatic rings. The number of ether oxygens (including phenoxy) is 1. The van der Waals surface area contributed by atoms with Crippen LogP contribution in [0.25, 0.3) is 0 Å². The van der Waals surface area contributed by atoms with Gasteiger partial charge in [-0.25, -0.2) is 0 Å². The molecule has 2 fully saturated rings. The predicted octanol–water partition coefficient (Wildman–Crippen LogP) is 3.05. The number of piperazine rings is 1. The fourth-order valence-corrected chi connectivity index (χ4v) is 3.46. The molecule has 1 heterocycles. The van der Waals surface area contributed by atoms with Crippen molar-refractivity contribution < 1.29 is 4.74 Å². The van der Waals surface area contributed by atoms with E-state index >= 15 is 0 Å². The van der Waals surface area contributed by atoms with Gasteiger partial charge in [0.25, 0.3) is 0 Å². The van der Waals surface area contributed by atoms with Crippen molar-refractivity contribution >= 4 is 0 Å². The summed E-state index contributed by atoms with van der Waals surface area (Å²) in [5, 5.41) is 3.86. The van der Waals surface area contributed by atoms with Gasteiger partial charge in [-0.1, -0.05) is 27.2 Å². The third-order valence-corrected chi connectivity index (χ3v) is 5.35. The zero-order valence-corrected chi connectivity index (χ0v) is 13.8. The monoisotopic (exact) mass is 282 g/mol. The molecule has 3 nitrogen and oxygen atoms in total. The molecule has 0 radical (unpaired) electrons. The van der Waals surface area contributed by atoms with Gasteiger partial charge in [0.15, 0.2) is 0 Å². The number of hydrogen-bond donors (Lipinski definition) is 1. The summed E-state index contributed by atoms with van der Waals surface area (Å²) in [4.78, 5) is 2.73. The van der Waals surface area contributed by atoms with E-state index in [2.05, 4.69) is 31.0 Å². The van der Waals surface area contributed by atoms with Crippen LogP contribution in [0.2, 0.25) is 0 Å². The van der Waals surface area contributed by atoms with E-state index in [1.165, 1.54) is 51.6 Å². The summed E-state index contributed by atoms with van der Waals surface area (Å²) < 4.78 is 5.80. The van der Waals surface area contributed by atoms with Crippen LogP contribution in [0.1, 0.15) is 59.3 Å². The molecule has 20 heavy (non-hydrogen) atoms. The first-order chi connectivity index (χ1) is 9.74. The van der Waals surface area contributed by atoms with Gasteiger partial charge in [-0.15, -0.1) is 0 Å². The molecule has 1 aliphatic heterocycles. The summed E-state index contributed by atoms with van der Waals surface area (Å²) in [6, 6.07) is 0.760. The van der Waals surface area contributed by atoms with Gasteiger partial charge in [0.1, 0.15) is 0 Å². The van der Waals surface area contributed by atoms with Crippen molar-refractivity contribution in [1.29, 1.82) is 0 Å². The lowest BCUT2D eigenvalue weighted by Crippen LogP contribution is -2.64. The van der Waals surface area contributed by atoms with Crippen LogP contribution >= 0.6 is 0 Å². The van der Waals surface area contributed by atoms with E-state index in [9.17, 15) is 0 Å². The third kappa shape index (κ3) is 4.19. The Labute approximate surface area is 125 Å². The summed E-state index contributed by atoms with van der Waals surface area (Å²) in [5.74, 6) is 0.949. The average Bonchev–Trinajstić information content (AvgIpc) is 3.31. The highest BCUT2D eigenvalue weighted by Crippen LogP contribution is 2.38. The fourth-order valence-electron chi connectivity index (χ4n) is 3.46. The number of nitrogens with zero attached hydrogens (tertiary/aromatic N) is 1. The van der Waals surface area contributed by atoms with Gasteiger partial charge in [-0.3, -0.25) is 4.90 Å². The number of nitrogens with one attached hydrogen (secondary N) is 1. The Morgan fingerprint density at radius 1 is 1.15 bits per heavy atom. The maximum atomic E-state index is 5.80. The predicted molar refractivity (Wildman–Crippen MR) is 85.1 cm³/mol. The van der Waals surface area contributed by atoms with Gasteiger partial charge in [0, 0.05) is 37.8 Å². The highest BCUT2D eigenvalue weighted by Gasteiger charge is 2.42. The van der Waals surface area contributed by atoms with Gasteiger partial charge in [0.05, 0.1) is 6.61 Å². The summed E-state index contributed by atoms with van der Waals surface area (Å²) in [7, 11) is 0. The molecule has 2 rings (SSSR count). The van der Waals surface area contributed by atoms with Crippen LogP contribution in [0, 0.1) is 5.92 Å². The van der Waals surface area contributed by atoms with E-state index in [0.29, 0.717) is 5.54 Å². The van der Waals surface area contributed by atoms with Gasteiger partial charge in [0.2, 0.25) is 0 Å². The number of hydrogen-bond acceptors (Lipinski definition) is 3. The van der Waals surface area contributed by atoms with E-state index in [4.69, 9.17) is 4.74 Å². The van der Waals surface area contributed by atoms with E-state index in [-0.39, 0.29) is 0 Å². The lowest BCUT2D eigenvalue weighted by Gasteiger charge is -2.48. The second-order valence-corrected chi connectivity index (χ2v) is 6.71. The zero-order chi connectivity index (χ0) is 14.4. The van der Waals surface area contributed by atoms with Crippen LogP contribution in [0.15, 0.2) is 0 Å². The highest BCUT2D eigenvalue weighted by molar-refractivity contribution is 5.01. The molecule has 3 heteroatoms. The SMILES string of the molecule is CCCCOCCN1CC(CC)(CC)NCC1C1CC1. The quantitative estimate of drug-likeness (QED) is 0.658. The van der Waals surface area contributed by atoms with Crippen molar-refractivity contribution in [2.45, 2.75) is 70.9 Å². The summed E-state index contributed by atoms with van der Waals surface area (Å²) >= 11 is 0. The number of unbranched alkanes of at least 4 members (excludes halogenated alkanes) is 1. The standard InChI is InChI=1S/C17H34N2O/c1-4-7-11-20-12-10-19-14-17(5-2,6-3)18-13-16(19)15-8-9-15/h15-16,18H,4-14H2,1-3H3. The molecule has 1 saturated heterocycles. The van der Waals surface area contributed by atoms with Gasteiger partial charge in [-0.05, 0) is 38.0 Å². The van der Waals surface area contributed by atoms with Gasteiger partial charge in [-0.2, -0.15) is 0 Å². The average molecular weight is 282 g/mol. The van der Waals surface area contributed by atoms with Crippen LogP contribution in [0.4, 0.5) is 0 Å². The topological polar surface area (TPSA) is 24.5 Å². The van der Waals surface area contributed by atoms with E-state index < -0.39 is 0 Å². The first-order valence-corrected chi connectivity index (χ1v) is 8.81. The first kappa shape index (κ1) is 16.3. The van der Waals surface area contributed by atoms with Crippen LogP contribution in [-0.2, 0) is 4.74 Å². The number of rotatable bonds is 9. The molecule has 118 valence electrons. The van der Waals surface area contributed by atoms with Crippen molar-refractivity contribution in [2.24, 2.45) is 5.92 Å². The van der Waals surface area contributed by atoms with Crippen molar-refractivity contribution in [3.63, 3.8) is 0 Å². The molecule has 0 aromatic carbocycles. The van der Waals surface area contributed by atoms with Crippen molar-refractivity contribution in [2.75, 3.05) is 32.8 Å². The highest BCUT2D eigenvalue weighted by atomic mass is 16.5. The molecule has 0 aromatic heterocycles. The summed E-state index contributed by atoms with van der Waals surface area (Å²) in [5.41, 5.74) is 0.342. The van der Waals surface area contributed by atoms with Crippen molar-refractivity contribution in [3.05, 3.63) is 0 Å². The lowest BCUT2D eigenvalue weighted by molar-refractivity contribution is 0.0294. The molecule has 1 N–H and O–H groups in total. The second-order valence-electron chi connectivity index (χ2n) is 6.71.